The highest BCUT2D eigenvalue weighted by molar-refractivity contribution is 4.87. The van der Waals surface area contributed by atoms with Gasteiger partial charge in [-0.05, 0) is 57.7 Å². The van der Waals surface area contributed by atoms with Crippen molar-refractivity contribution in [2.24, 2.45) is 5.41 Å². The fraction of sp³-hybridized carbons (Fsp3) is 1.00. The standard InChI is InChI=1S/C16H34N2/c1-6-11-17-15(7-2)14(4)18-12-9-16(5,8-3)10-13-18/h14-15,17H,6-13H2,1-5H3. The van der Waals surface area contributed by atoms with E-state index in [0.717, 1.165) is 6.54 Å². The predicted molar refractivity (Wildman–Crippen MR) is 81.0 cm³/mol. The fourth-order valence-electron chi connectivity index (χ4n) is 3.06. The molecule has 1 N–H and O–H groups in total. The average Bonchev–Trinajstić information content (AvgIpc) is 2.40. The number of hydrogen-bond acceptors (Lipinski definition) is 2. The number of rotatable bonds is 7. The molecule has 0 spiro atoms. The molecule has 2 heteroatoms. The molecule has 0 aromatic heterocycles. The molecule has 0 saturated carbocycles. The fourth-order valence-corrected chi connectivity index (χ4v) is 3.06. The number of piperidine rings is 1. The zero-order valence-electron chi connectivity index (χ0n) is 13.3. The zero-order chi connectivity index (χ0) is 13.6. The Bertz CT molecular complexity index is 219. The van der Waals surface area contributed by atoms with Crippen LogP contribution >= 0.6 is 0 Å². The largest absolute Gasteiger partial charge is 0.312 e. The SMILES string of the molecule is CCCNC(CC)C(C)N1CCC(C)(CC)CC1. The summed E-state index contributed by atoms with van der Waals surface area (Å²) >= 11 is 0. The third-order valence-electron chi connectivity index (χ3n) is 5.11. The molecule has 0 radical (unpaired) electrons. The summed E-state index contributed by atoms with van der Waals surface area (Å²) in [7, 11) is 0. The Morgan fingerprint density at radius 1 is 1.17 bits per heavy atom. The van der Waals surface area contributed by atoms with E-state index in [1.165, 1.54) is 45.2 Å². The molecule has 1 aliphatic rings. The van der Waals surface area contributed by atoms with Gasteiger partial charge in [-0.25, -0.2) is 0 Å². The molecule has 1 heterocycles. The van der Waals surface area contributed by atoms with Crippen LogP contribution in [0.5, 0.6) is 0 Å². The van der Waals surface area contributed by atoms with Crippen molar-refractivity contribution in [2.75, 3.05) is 19.6 Å². The number of likely N-dealkylation sites (tertiary alicyclic amines) is 1. The Balaban J connectivity index is 2.44. The highest BCUT2D eigenvalue weighted by Crippen LogP contribution is 2.34. The van der Waals surface area contributed by atoms with E-state index in [-0.39, 0.29) is 0 Å². The minimum atomic E-state index is 0.606. The van der Waals surface area contributed by atoms with Crippen LogP contribution in [0.25, 0.3) is 0 Å². The summed E-state index contributed by atoms with van der Waals surface area (Å²) in [4.78, 5) is 2.70. The van der Waals surface area contributed by atoms with Crippen molar-refractivity contribution in [3.05, 3.63) is 0 Å². The van der Waals surface area contributed by atoms with E-state index < -0.39 is 0 Å². The molecular weight excluding hydrogens is 220 g/mol. The third kappa shape index (κ3) is 4.24. The monoisotopic (exact) mass is 254 g/mol. The van der Waals surface area contributed by atoms with Crippen molar-refractivity contribution in [3.63, 3.8) is 0 Å². The number of nitrogens with one attached hydrogen (secondary N) is 1. The highest BCUT2D eigenvalue weighted by Gasteiger charge is 2.31. The van der Waals surface area contributed by atoms with E-state index >= 15 is 0 Å². The van der Waals surface area contributed by atoms with Crippen LogP contribution in [0.3, 0.4) is 0 Å². The topological polar surface area (TPSA) is 15.3 Å². The Hall–Kier alpha value is -0.0800. The van der Waals surface area contributed by atoms with Gasteiger partial charge >= 0.3 is 0 Å². The second kappa shape index (κ2) is 7.49. The maximum absolute atomic E-state index is 3.71. The second-order valence-electron chi connectivity index (χ2n) is 6.41. The third-order valence-corrected chi connectivity index (χ3v) is 5.11. The zero-order valence-corrected chi connectivity index (χ0v) is 13.3. The van der Waals surface area contributed by atoms with Gasteiger partial charge in [0.25, 0.3) is 0 Å². The summed E-state index contributed by atoms with van der Waals surface area (Å²) in [5, 5.41) is 3.71. The van der Waals surface area contributed by atoms with Gasteiger partial charge in [-0.3, -0.25) is 4.90 Å². The summed E-state index contributed by atoms with van der Waals surface area (Å²) < 4.78 is 0. The van der Waals surface area contributed by atoms with E-state index in [1.807, 2.05) is 0 Å². The van der Waals surface area contributed by atoms with Crippen molar-refractivity contribution in [2.45, 2.75) is 78.8 Å². The van der Waals surface area contributed by atoms with Gasteiger partial charge in [0.1, 0.15) is 0 Å². The minimum absolute atomic E-state index is 0.606. The molecule has 0 aliphatic carbocycles. The van der Waals surface area contributed by atoms with Gasteiger partial charge in [-0.2, -0.15) is 0 Å². The van der Waals surface area contributed by atoms with Gasteiger partial charge in [0, 0.05) is 12.1 Å². The second-order valence-corrected chi connectivity index (χ2v) is 6.41. The summed E-state index contributed by atoms with van der Waals surface area (Å²) in [5.74, 6) is 0. The molecule has 1 aliphatic heterocycles. The Morgan fingerprint density at radius 3 is 2.22 bits per heavy atom. The first-order valence-electron chi connectivity index (χ1n) is 8.03. The lowest BCUT2D eigenvalue weighted by atomic mass is 9.78. The molecule has 108 valence electrons. The van der Waals surface area contributed by atoms with Crippen LogP contribution in [-0.2, 0) is 0 Å². The van der Waals surface area contributed by atoms with Crippen molar-refractivity contribution in [1.29, 1.82) is 0 Å². The van der Waals surface area contributed by atoms with Crippen LogP contribution < -0.4 is 5.32 Å². The van der Waals surface area contributed by atoms with E-state index in [9.17, 15) is 0 Å². The van der Waals surface area contributed by atoms with E-state index in [4.69, 9.17) is 0 Å². The van der Waals surface area contributed by atoms with Crippen LogP contribution in [0, 0.1) is 5.41 Å². The first-order chi connectivity index (χ1) is 8.56. The maximum atomic E-state index is 3.71. The van der Waals surface area contributed by atoms with Crippen molar-refractivity contribution in [1.82, 2.24) is 10.2 Å². The van der Waals surface area contributed by atoms with E-state index in [1.54, 1.807) is 0 Å². The molecule has 2 atom stereocenters. The molecule has 1 saturated heterocycles. The lowest BCUT2D eigenvalue weighted by molar-refractivity contribution is 0.0709. The molecule has 0 bridgehead atoms. The number of hydrogen-bond donors (Lipinski definition) is 1. The van der Waals surface area contributed by atoms with E-state index in [0.29, 0.717) is 17.5 Å². The quantitative estimate of drug-likeness (QED) is 0.746. The van der Waals surface area contributed by atoms with Crippen molar-refractivity contribution >= 4 is 0 Å². The van der Waals surface area contributed by atoms with Crippen LogP contribution in [0.4, 0.5) is 0 Å². The van der Waals surface area contributed by atoms with Gasteiger partial charge in [-0.15, -0.1) is 0 Å². The van der Waals surface area contributed by atoms with Crippen molar-refractivity contribution < 1.29 is 0 Å². The molecule has 0 aromatic rings. The molecular formula is C16H34N2. The minimum Gasteiger partial charge on any atom is -0.312 e. The van der Waals surface area contributed by atoms with Crippen LogP contribution in [0.2, 0.25) is 0 Å². The molecule has 0 aromatic carbocycles. The van der Waals surface area contributed by atoms with E-state index in [2.05, 4.69) is 44.8 Å². The van der Waals surface area contributed by atoms with Gasteiger partial charge in [0.15, 0.2) is 0 Å². The molecule has 1 rings (SSSR count). The van der Waals surface area contributed by atoms with Crippen LogP contribution in [0.1, 0.15) is 66.7 Å². The normalized spacial score (nSPS) is 23.8. The van der Waals surface area contributed by atoms with Crippen LogP contribution in [-0.4, -0.2) is 36.6 Å². The molecule has 18 heavy (non-hydrogen) atoms. The van der Waals surface area contributed by atoms with Gasteiger partial charge in [0.2, 0.25) is 0 Å². The lowest BCUT2D eigenvalue weighted by Crippen LogP contribution is -2.52. The molecule has 2 unspecified atom stereocenters. The Labute approximate surface area is 115 Å². The maximum Gasteiger partial charge on any atom is 0.0220 e. The highest BCUT2D eigenvalue weighted by atomic mass is 15.2. The lowest BCUT2D eigenvalue weighted by Gasteiger charge is -2.43. The predicted octanol–water partition coefficient (Wildman–Crippen LogP) is 3.67. The average molecular weight is 254 g/mol. The smallest absolute Gasteiger partial charge is 0.0220 e. The van der Waals surface area contributed by atoms with Crippen LogP contribution in [0.15, 0.2) is 0 Å². The Kier molecular flexibility index (Phi) is 6.65. The van der Waals surface area contributed by atoms with Crippen molar-refractivity contribution in [3.8, 4) is 0 Å². The summed E-state index contributed by atoms with van der Waals surface area (Å²) in [5.41, 5.74) is 0.606. The molecule has 2 nitrogen and oxygen atoms in total. The van der Waals surface area contributed by atoms with Gasteiger partial charge in [-0.1, -0.05) is 34.1 Å². The molecule has 1 fully saturated rings. The number of nitrogens with zero attached hydrogens (tertiary/aromatic N) is 1. The summed E-state index contributed by atoms with van der Waals surface area (Å²) in [6.45, 7) is 15.5. The molecule has 0 amide bonds. The first-order valence-corrected chi connectivity index (χ1v) is 8.03. The summed E-state index contributed by atoms with van der Waals surface area (Å²) in [6.07, 6.45) is 6.55. The van der Waals surface area contributed by atoms with Gasteiger partial charge < -0.3 is 5.32 Å². The Morgan fingerprint density at radius 2 is 1.78 bits per heavy atom. The van der Waals surface area contributed by atoms with Gasteiger partial charge in [0.05, 0.1) is 0 Å². The first kappa shape index (κ1) is 16.0. The summed E-state index contributed by atoms with van der Waals surface area (Å²) in [6, 6.07) is 1.35.